The molecule has 8 nitrogen and oxygen atoms in total. The molecular weight excluding hydrogens is 518 g/mol. The number of hydrogen-bond donors (Lipinski definition) is 2. The predicted molar refractivity (Wildman–Crippen MR) is 124 cm³/mol. The smallest absolute Gasteiger partial charge is 0.395 e. The number of pyridine rings is 2. The number of aliphatic hydroxyl groups is 1. The van der Waals surface area contributed by atoms with Gasteiger partial charge in [0, 0.05) is 49.3 Å². The van der Waals surface area contributed by atoms with E-state index >= 15 is 0 Å². The molecule has 4 rings (SSSR count). The van der Waals surface area contributed by atoms with E-state index in [2.05, 4.69) is 25.3 Å². The van der Waals surface area contributed by atoms with Crippen LogP contribution in [-0.2, 0) is 12.4 Å². The average Bonchev–Trinajstić information content (AvgIpc) is 2.87. The second-order valence-corrected chi connectivity index (χ2v) is 8.08. The molecule has 0 radical (unpaired) electrons. The summed E-state index contributed by atoms with van der Waals surface area (Å²) in [5, 5.41) is 12.2. The van der Waals surface area contributed by atoms with Crippen LogP contribution < -0.4 is 5.32 Å². The molecule has 3 aromatic heterocycles. The van der Waals surface area contributed by atoms with Gasteiger partial charge in [0.05, 0.1) is 40.2 Å². The fourth-order valence-corrected chi connectivity index (χ4v) is 3.56. The fraction of sp³-hybridized carbons (Fsp3) is 0.208. The predicted octanol–water partition coefficient (Wildman–Crippen LogP) is 4.93. The van der Waals surface area contributed by atoms with Crippen LogP contribution >= 0.6 is 0 Å². The quantitative estimate of drug-likeness (QED) is 0.337. The van der Waals surface area contributed by atoms with E-state index in [0.29, 0.717) is 29.5 Å². The summed E-state index contributed by atoms with van der Waals surface area (Å²) in [5.41, 5.74) is -2.18. The molecule has 4 aromatic rings. The van der Waals surface area contributed by atoms with Crippen molar-refractivity contribution in [1.29, 1.82) is 0 Å². The zero-order valence-corrected chi connectivity index (χ0v) is 19.5. The van der Waals surface area contributed by atoms with Crippen LogP contribution in [0.1, 0.15) is 21.5 Å². The lowest BCUT2D eigenvalue weighted by atomic mass is 10.0. The van der Waals surface area contributed by atoms with Crippen LogP contribution in [0, 0.1) is 0 Å². The number of alkyl halides is 6. The van der Waals surface area contributed by atoms with Crippen LogP contribution in [-0.4, -0.2) is 56.0 Å². The molecule has 0 aliphatic carbocycles. The van der Waals surface area contributed by atoms with E-state index in [1.807, 2.05) is 0 Å². The molecule has 1 amide bonds. The lowest BCUT2D eigenvalue weighted by molar-refractivity contribution is -0.138. The summed E-state index contributed by atoms with van der Waals surface area (Å²) in [7, 11) is 1.34. The zero-order valence-electron chi connectivity index (χ0n) is 19.5. The minimum atomic E-state index is -4.83. The Balaban J connectivity index is 1.70. The number of likely N-dealkylation sites (N-methyl/N-ethyl adjacent to an activating group) is 1. The second-order valence-electron chi connectivity index (χ2n) is 8.08. The Hall–Kier alpha value is -4.33. The van der Waals surface area contributed by atoms with E-state index < -0.39 is 35.1 Å². The topological polar surface area (TPSA) is 104 Å². The highest BCUT2D eigenvalue weighted by Crippen LogP contribution is 2.38. The van der Waals surface area contributed by atoms with E-state index in [-0.39, 0.29) is 35.7 Å². The first kappa shape index (κ1) is 26.7. The van der Waals surface area contributed by atoms with Crippen molar-refractivity contribution >= 4 is 28.4 Å². The first-order valence-corrected chi connectivity index (χ1v) is 10.9. The average molecular weight is 536 g/mol. The van der Waals surface area contributed by atoms with E-state index in [4.69, 9.17) is 5.11 Å². The van der Waals surface area contributed by atoms with Gasteiger partial charge in [-0.1, -0.05) is 12.1 Å². The van der Waals surface area contributed by atoms with Crippen LogP contribution in [0.5, 0.6) is 0 Å². The van der Waals surface area contributed by atoms with Gasteiger partial charge in [-0.05, 0) is 18.2 Å². The molecule has 38 heavy (non-hydrogen) atoms. The lowest BCUT2D eigenvalue weighted by Gasteiger charge is -2.18. The maximum absolute atomic E-state index is 13.9. The summed E-state index contributed by atoms with van der Waals surface area (Å²) in [6.45, 7) is -0.419. The molecule has 0 fully saturated rings. The number of aromatic nitrogens is 4. The highest BCUT2D eigenvalue weighted by Gasteiger charge is 2.36. The van der Waals surface area contributed by atoms with Crippen molar-refractivity contribution in [2.75, 3.05) is 25.5 Å². The Morgan fingerprint density at radius 3 is 2.29 bits per heavy atom. The van der Waals surface area contributed by atoms with Gasteiger partial charge in [-0.15, -0.1) is 0 Å². The van der Waals surface area contributed by atoms with Gasteiger partial charge in [-0.25, -0.2) is 9.97 Å². The minimum absolute atomic E-state index is 0.0633. The molecule has 14 heteroatoms. The Bertz CT molecular complexity index is 1470. The van der Waals surface area contributed by atoms with Crippen LogP contribution in [0.25, 0.3) is 22.2 Å². The Morgan fingerprint density at radius 2 is 1.66 bits per heavy atom. The van der Waals surface area contributed by atoms with Gasteiger partial charge < -0.3 is 15.3 Å². The van der Waals surface area contributed by atoms with E-state index in [1.165, 1.54) is 37.5 Å². The number of aliphatic hydroxyl groups excluding tert-OH is 1. The number of benzene rings is 1. The molecule has 0 aliphatic heterocycles. The number of nitrogens with zero attached hydrogens (tertiary/aromatic N) is 5. The van der Waals surface area contributed by atoms with Crippen molar-refractivity contribution in [2.45, 2.75) is 12.4 Å². The largest absolute Gasteiger partial charge is 0.419 e. The van der Waals surface area contributed by atoms with E-state index in [9.17, 15) is 31.1 Å². The van der Waals surface area contributed by atoms with Gasteiger partial charge in [0.1, 0.15) is 0 Å². The van der Waals surface area contributed by atoms with Gasteiger partial charge in [0.2, 0.25) is 5.95 Å². The van der Waals surface area contributed by atoms with E-state index in [0.717, 1.165) is 11.1 Å². The number of carbonyl (C=O) groups is 1. The van der Waals surface area contributed by atoms with Crippen molar-refractivity contribution in [1.82, 2.24) is 24.8 Å². The molecule has 0 aliphatic rings. The molecule has 1 aromatic carbocycles. The molecule has 3 heterocycles. The van der Waals surface area contributed by atoms with Crippen molar-refractivity contribution < 1.29 is 36.2 Å². The number of hydrogen-bond acceptors (Lipinski definition) is 7. The maximum atomic E-state index is 13.9. The molecule has 0 bridgehead atoms. The summed E-state index contributed by atoms with van der Waals surface area (Å²) in [6.07, 6.45) is -5.80. The Kier molecular flexibility index (Phi) is 7.18. The van der Waals surface area contributed by atoms with Crippen LogP contribution in [0.2, 0.25) is 0 Å². The summed E-state index contributed by atoms with van der Waals surface area (Å²) < 4.78 is 80.1. The summed E-state index contributed by atoms with van der Waals surface area (Å²) in [4.78, 5) is 28.9. The molecule has 2 N–H and O–H groups in total. The van der Waals surface area contributed by atoms with Gasteiger partial charge in [0.15, 0.2) is 0 Å². The van der Waals surface area contributed by atoms with Crippen molar-refractivity contribution in [3.8, 4) is 11.3 Å². The summed E-state index contributed by atoms with van der Waals surface area (Å²) in [5.74, 6) is -0.855. The molecule has 0 unspecified atom stereocenters. The number of amides is 1. The second kappa shape index (κ2) is 10.2. The van der Waals surface area contributed by atoms with Crippen molar-refractivity contribution in [2.24, 2.45) is 0 Å². The van der Waals surface area contributed by atoms with Crippen LogP contribution in [0.4, 0.5) is 38.0 Å². The Morgan fingerprint density at radius 1 is 0.947 bits per heavy atom. The number of halogens is 6. The zero-order chi connectivity index (χ0) is 27.7. The minimum Gasteiger partial charge on any atom is -0.395 e. The fourth-order valence-electron chi connectivity index (χ4n) is 3.56. The van der Waals surface area contributed by atoms with Gasteiger partial charge in [0.25, 0.3) is 5.91 Å². The highest BCUT2D eigenvalue weighted by atomic mass is 19.4. The standard InChI is InChI=1S/C24H18F6N6O2/c1-36(6-7-37)21(38)14-8-17(24(28,29)30)20(32-10-14)13-2-3-16-18(4-5-31-19(16)9-13)35-22-33-11-15(12-34-22)23(25,26)27/h2-5,8-12,37H,6-7H2,1H3,(H,31,33,34,35). The third-order valence-electron chi connectivity index (χ3n) is 5.46. The molecule has 198 valence electrons. The Labute approximate surface area is 211 Å². The maximum Gasteiger partial charge on any atom is 0.419 e. The molecule has 0 spiro atoms. The number of fused-ring (bicyclic) bond motifs is 1. The first-order chi connectivity index (χ1) is 17.9. The number of nitrogens with one attached hydrogen (secondary N) is 1. The van der Waals surface area contributed by atoms with Crippen LogP contribution in [0.15, 0.2) is 55.1 Å². The van der Waals surface area contributed by atoms with Crippen molar-refractivity contribution in [3.05, 3.63) is 71.8 Å². The normalized spacial score (nSPS) is 12.0. The monoisotopic (exact) mass is 536 g/mol. The number of carbonyl (C=O) groups excluding carboxylic acids is 1. The molecule has 0 saturated heterocycles. The third-order valence-corrected chi connectivity index (χ3v) is 5.46. The number of anilines is 2. The van der Waals surface area contributed by atoms with Gasteiger partial charge in [-0.2, -0.15) is 26.3 Å². The van der Waals surface area contributed by atoms with Gasteiger partial charge >= 0.3 is 12.4 Å². The van der Waals surface area contributed by atoms with E-state index in [1.54, 1.807) is 0 Å². The molecular formula is C24H18F6N6O2. The lowest BCUT2D eigenvalue weighted by Crippen LogP contribution is -2.30. The third kappa shape index (κ3) is 5.64. The molecule has 0 saturated carbocycles. The molecule has 0 atom stereocenters. The summed E-state index contributed by atoms with van der Waals surface area (Å²) in [6, 6.07) is 6.42. The SMILES string of the molecule is CN(CCO)C(=O)c1cnc(-c2ccc3c(Nc4ncc(C(F)(F)F)cn4)ccnc3c2)c(C(F)(F)F)c1. The first-order valence-electron chi connectivity index (χ1n) is 10.9. The number of rotatable bonds is 6. The van der Waals surface area contributed by atoms with Gasteiger partial charge in [-0.3, -0.25) is 14.8 Å². The summed E-state index contributed by atoms with van der Waals surface area (Å²) >= 11 is 0. The highest BCUT2D eigenvalue weighted by molar-refractivity contribution is 5.96. The van der Waals surface area contributed by atoms with Crippen molar-refractivity contribution in [3.63, 3.8) is 0 Å². The van der Waals surface area contributed by atoms with Crippen LogP contribution in [0.3, 0.4) is 0 Å².